The van der Waals surface area contributed by atoms with Crippen LogP contribution in [0.4, 0.5) is 4.39 Å². The minimum atomic E-state index is -0.264. The summed E-state index contributed by atoms with van der Waals surface area (Å²) in [6.45, 7) is 3.21. The Morgan fingerprint density at radius 3 is 2.67 bits per heavy atom. The van der Waals surface area contributed by atoms with Crippen molar-refractivity contribution in [1.82, 2.24) is 4.57 Å². The van der Waals surface area contributed by atoms with Gasteiger partial charge in [-0.15, -0.1) is 0 Å². The normalized spacial score (nSPS) is 17.6. The molecular formula is C22H19FN2O2. The second kappa shape index (κ2) is 6.27. The number of aromatic nitrogens is 1. The third-order valence-corrected chi connectivity index (χ3v) is 5.07. The SMILES string of the molecule is CC[C@H]1N=C(c2cccc(F)c2)c2cccn2-c2cc3c(cc21)OCCO3. The van der Waals surface area contributed by atoms with E-state index < -0.39 is 0 Å². The zero-order valence-corrected chi connectivity index (χ0v) is 15.0. The number of rotatable bonds is 2. The highest BCUT2D eigenvalue weighted by Gasteiger charge is 2.27. The molecule has 2 aromatic carbocycles. The lowest BCUT2D eigenvalue weighted by Crippen LogP contribution is -2.16. The number of aliphatic imine (C=N–C) groups is 1. The van der Waals surface area contributed by atoms with Crippen LogP contribution < -0.4 is 9.47 Å². The number of halogens is 1. The van der Waals surface area contributed by atoms with E-state index in [4.69, 9.17) is 14.5 Å². The van der Waals surface area contributed by atoms with Crippen LogP contribution in [0.5, 0.6) is 11.5 Å². The van der Waals surface area contributed by atoms with Gasteiger partial charge in [-0.1, -0.05) is 19.1 Å². The first-order valence-electron chi connectivity index (χ1n) is 9.20. The molecule has 0 amide bonds. The number of benzene rings is 2. The van der Waals surface area contributed by atoms with Crippen LogP contribution >= 0.6 is 0 Å². The molecule has 27 heavy (non-hydrogen) atoms. The standard InChI is InChI=1S/C22H19FN2O2/c1-2-17-16-12-20-21(27-10-9-26-20)13-19(16)25-8-4-7-18(25)22(24-17)14-5-3-6-15(23)11-14/h3-8,11-13,17H,2,9-10H2,1H3/t17-/m1/s1. The van der Waals surface area contributed by atoms with Crippen molar-refractivity contribution in [2.45, 2.75) is 19.4 Å². The highest BCUT2D eigenvalue weighted by molar-refractivity contribution is 6.12. The van der Waals surface area contributed by atoms with Crippen molar-refractivity contribution in [3.05, 3.63) is 77.4 Å². The third-order valence-electron chi connectivity index (χ3n) is 5.07. The predicted molar refractivity (Wildman–Crippen MR) is 102 cm³/mol. The average Bonchev–Trinajstić information content (AvgIpc) is 3.13. The molecule has 0 saturated carbocycles. The summed E-state index contributed by atoms with van der Waals surface area (Å²) in [7, 11) is 0. The van der Waals surface area contributed by atoms with E-state index in [1.54, 1.807) is 6.07 Å². The largest absolute Gasteiger partial charge is 0.486 e. The molecular weight excluding hydrogens is 343 g/mol. The Morgan fingerprint density at radius 1 is 1.07 bits per heavy atom. The molecule has 136 valence electrons. The van der Waals surface area contributed by atoms with Crippen LogP contribution in [0.25, 0.3) is 5.69 Å². The summed E-state index contributed by atoms with van der Waals surface area (Å²) in [5.74, 6) is 1.25. The van der Waals surface area contributed by atoms with Crippen LogP contribution in [0.15, 0.2) is 59.7 Å². The van der Waals surface area contributed by atoms with E-state index in [9.17, 15) is 4.39 Å². The van der Waals surface area contributed by atoms with E-state index in [1.807, 2.05) is 36.5 Å². The summed E-state index contributed by atoms with van der Waals surface area (Å²) in [6.07, 6.45) is 2.84. The quantitative estimate of drug-likeness (QED) is 0.663. The van der Waals surface area contributed by atoms with Crippen molar-refractivity contribution in [2.24, 2.45) is 4.99 Å². The monoisotopic (exact) mass is 362 g/mol. The lowest BCUT2D eigenvalue weighted by Gasteiger charge is -2.22. The zero-order valence-electron chi connectivity index (χ0n) is 15.0. The average molecular weight is 362 g/mol. The van der Waals surface area contributed by atoms with Gasteiger partial charge in [0.25, 0.3) is 0 Å². The lowest BCUT2D eigenvalue weighted by atomic mass is 10.0. The summed E-state index contributed by atoms with van der Waals surface area (Å²) in [6, 6.07) is 14.6. The molecule has 2 aliphatic heterocycles. The first kappa shape index (κ1) is 16.1. The first-order valence-corrected chi connectivity index (χ1v) is 9.20. The van der Waals surface area contributed by atoms with E-state index in [-0.39, 0.29) is 11.9 Å². The molecule has 0 bridgehead atoms. The highest BCUT2D eigenvalue weighted by Crippen LogP contribution is 2.41. The molecule has 0 radical (unpaired) electrons. The Morgan fingerprint density at radius 2 is 1.89 bits per heavy atom. The van der Waals surface area contributed by atoms with E-state index in [0.717, 1.165) is 46.1 Å². The molecule has 2 aliphatic rings. The number of hydrogen-bond acceptors (Lipinski definition) is 3. The molecule has 0 saturated heterocycles. The summed E-state index contributed by atoms with van der Waals surface area (Å²) < 4.78 is 27.6. The summed E-state index contributed by atoms with van der Waals surface area (Å²) in [5, 5.41) is 0. The van der Waals surface area contributed by atoms with Crippen LogP contribution in [0.2, 0.25) is 0 Å². The second-order valence-electron chi connectivity index (χ2n) is 6.73. The van der Waals surface area contributed by atoms with Crippen LogP contribution in [0.1, 0.15) is 36.2 Å². The van der Waals surface area contributed by atoms with Crippen molar-refractivity contribution >= 4 is 5.71 Å². The molecule has 1 aromatic heterocycles. The molecule has 0 unspecified atom stereocenters. The summed E-state index contributed by atoms with van der Waals surface area (Å²) in [5.41, 5.74) is 4.63. The molecule has 4 nitrogen and oxygen atoms in total. The van der Waals surface area contributed by atoms with Crippen molar-refractivity contribution < 1.29 is 13.9 Å². The Balaban J connectivity index is 1.76. The number of nitrogens with zero attached hydrogens (tertiary/aromatic N) is 2. The summed E-state index contributed by atoms with van der Waals surface area (Å²) >= 11 is 0. The Labute approximate surface area is 156 Å². The predicted octanol–water partition coefficient (Wildman–Crippen LogP) is 4.69. The maximum atomic E-state index is 13.9. The van der Waals surface area contributed by atoms with Gasteiger partial charge in [0.2, 0.25) is 0 Å². The zero-order chi connectivity index (χ0) is 18.4. The molecule has 0 N–H and O–H groups in total. The highest BCUT2D eigenvalue weighted by atomic mass is 19.1. The van der Waals surface area contributed by atoms with E-state index >= 15 is 0 Å². The van der Waals surface area contributed by atoms with Gasteiger partial charge in [0, 0.05) is 23.4 Å². The number of ether oxygens (including phenoxy) is 2. The van der Waals surface area contributed by atoms with Crippen molar-refractivity contribution in [1.29, 1.82) is 0 Å². The van der Waals surface area contributed by atoms with Crippen molar-refractivity contribution in [3.8, 4) is 17.2 Å². The van der Waals surface area contributed by atoms with Gasteiger partial charge < -0.3 is 14.0 Å². The van der Waals surface area contributed by atoms with Crippen LogP contribution in [0, 0.1) is 5.82 Å². The van der Waals surface area contributed by atoms with Gasteiger partial charge in [-0.3, -0.25) is 4.99 Å². The summed E-state index contributed by atoms with van der Waals surface area (Å²) in [4.78, 5) is 5.04. The maximum absolute atomic E-state index is 13.9. The Kier molecular flexibility index (Phi) is 3.74. The van der Waals surface area contributed by atoms with Crippen molar-refractivity contribution in [2.75, 3.05) is 13.2 Å². The van der Waals surface area contributed by atoms with Crippen LogP contribution in [-0.4, -0.2) is 23.5 Å². The van der Waals surface area contributed by atoms with E-state index in [2.05, 4.69) is 11.5 Å². The Bertz CT molecular complexity index is 1050. The fraction of sp³-hybridized carbons (Fsp3) is 0.227. The molecule has 5 rings (SSSR count). The van der Waals surface area contributed by atoms with Gasteiger partial charge in [0.15, 0.2) is 11.5 Å². The van der Waals surface area contributed by atoms with Gasteiger partial charge in [-0.05, 0) is 36.8 Å². The minimum absolute atomic E-state index is 0.0472. The Hall–Kier alpha value is -3.08. The van der Waals surface area contributed by atoms with E-state index in [1.165, 1.54) is 12.1 Å². The fourth-order valence-corrected chi connectivity index (χ4v) is 3.81. The van der Waals surface area contributed by atoms with Gasteiger partial charge >= 0.3 is 0 Å². The molecule has 0 aliphatic carbocycles. The topological polar surface area (TPSA) is 35.8 Å². The molecule has 1 atom stereocenters. The van der Waals surface area contributed by atoms with E-state index in [0.29, 0.717) is 13.2 Å². The minimum Gasteiger partial charge on any atom is -0.486 e. The van der Waals surface area contributed by atoms with Crippen LogP contribution in [0.3, 0.4) is 0 Å². The molecule has 5 heteroatoms. The fourth-order valence-electron chi connectivity index (χ4n) is 3.81. The van der Waals surface area contributed by atoms with Crippen molar-refractivity contribution in [3.63, 3.8) is 0 Å². The first-order chi connectivity index (χ1) is 13.2. The number of fused-ring (bicyclic) bond motifs is 4. The molecule has 3 heterocycles. The lowest BCUT2D eigenvalue weighted by molar-refractivity contribution is 0.171. The van der Waals surface area contributed by atoms with Gasteiger partial charge in [0.05, 0.1) is 23.1 Å². The molecule has 3 aromatic rings. The third kappa shape index (κ3) is 2.62. The van der Waals surface area contributed by atoms with Gasteiger partial charge in [-0.25, -0.2) is 4.39 Å². The smallest absolute Gasteiger partial charge is 0.163 e. The molecule has 0 spiro atoms. The number of hydrogen-bond donors (Lipinski definition) is 0. The maximum Gasteiger partial charge on any atom is 0.163 e. The second-order valence-corrected chi connectivity index (χ2v) is 6.73. The van der Waals surface area contributed by atoms with Gasteiger partial charge in [0.1, 0.15) is 19.0 Å². The van der Waals surface area contributed by atoms with Gasteiger partial charge in [-0.2, -0.15) is 0 Å². The van der Waals surface area contributed by atoms with Crippen LogP contribution in [-0.2, 0) is 0 Å². The molecule has 0 fully saturated rings.